The fourth-order valence-electron chi connectivity index (χ4n) is 5.45. The minimum absolute atomic E-state index is 0. The smallest absolute Gasteiger partial charge is 0.325 e. The molecule has 0 bridgehead atoms. The highest BCUT2D eigenvalue weighted by molar-refractivity contribution is 6.09. The van der Waals surface area contributed by atoms with Crippen LogP contribution in [-0.2, 0) is 9.59 Å². The van der Waals surface area contributed by atoms with Crippen LogP contribution in [0.4, 0.5) is 4.79 Å². The van der Waals surface area contributed by atoms with Crippen LogP contribution in [0.2, 0.25) is 0 Å². The summed E-state index contributed by atoms with van der Waals surface area (Å²) in [5.41, 5.74) is 4.93. The van der Waals surface area contributed by atoms with E-state index in [9.17, 15) is 14.4 Å². The topological polar surface area (TPSA) is 95.7 Å². The van der Waals surface area contributed by atoms with Crippen LogP contribution in [0.5, 0.6) is 0 Å². The Labute approximate surface area is 167 Å². The molecule has 2 heterocycles. The molecule has 3 rings (SSSR count). The molecule has 2 saturated heterocycles. The zero-order chi connectivity index (χ0) is 19.1. The van der Waals surface area contributed by atoms with Gasteiger partial charge >= 0.3 is 6.03 Å². The monoisotopic (exact) mass is 400 g/mol. The van der Waals surface area contributed by atoms with E-state index in [2.05, 4.69) is 26.1 Å². The number of nitrogens with zero attached hydrogens (tertiary/aromatic N) is 2. The molecule has 0 aromatic carbocycles. The van der Waals surface area contributed by atoms with Crippen molar-refractivity contribution in [2.24, 2.45) is 17.1 Å². The van der Waals surface area contributed by atoms with Crippen molar-refractivity contribution in [1.82, 2.24) is 15.1 Å². The maximum Gasteiger partial charge on any atom is 0.325 e. The lowest BCUT2D eigenvalue weighted by Gasteiger charge is -2.43. The average Bonchev–Trinajstić information content (AvgIpc) is 2.76. The van der Waals surface area contributed by atoms with Crippen molar-refractivity contribution in [3.05, 3.63) is 0 Å². The Kier molecular flexibility index (Phi) is 6.47. The Morgan fingerprint density at radius 1 is 1.26 bits per heavy atom. The first-order chi connectivity index (χ1) is 12.2. The van der Waals surface area contributed by atoms with Gasteiger partial charge in [0.15, 0.2) is 0 Å². The normalized spacial score (nSPS) is 33.0. The van der Waals surface area contributed by atoms with Gasteiger partial charge in [-0.05, 0) is 49.9 Å². The second-order valence-electron chi connectivity index (χ2n) is 9.23. The van der Waals surface area contributed by atoms with Crippen molar-refractivity contribution in [3.8, 4) is 0 Å². The van der Waals surface area contributed by atoms with E-state index >= 15 is 0 Å². The van der Waals surface area contributed by atoms with Gasteiger partial charge in [0.2, 0.25) is 5.91 Å². The first kappa shape index (κ1) is 22.0. The van der Waals surface area contributed by atoms with E-state index in [1.54, 1.807) is 4.90 Å². The van der Waals surface area contributed by atoms with E-state index < -0.39 is 11.6 Å². The zero-order valence-electron chi connectivity index (χ0n) is 16.6. The Hall–Kier alpha value is -1.34. The molecular formula is C19H33ClN4O3. The molecule has 3 atom stereocenters. The second-order valence-corrected chi connectivity index (χ2v) is 9.23. The van der Waals surface area contributed by atoms with Crippen LogP contribution in [0.25, 0.3) is 0 Å². The lowest BCUT2D eigenvalue weighted by atomic mass is 9.64. The SMILES string of the molecule is CC1CC(C)(C)CC2(C1)NC(=O)N(CC(=O)N1CCCCC1CN)C2=O.Cl. The third-order valence-electron chi connectivity index (χ3n) is 6.14. The van der Waals surface area contributed by atoms with Crippen LogP contribution in [0.1, 0.15) is 59.3 Å². The van der Waals surface area contributed by atoms with Crippen molar-refractivity contribution in [2.45, 2.75) is 70.9 Å². The summed E-state index contributed by atoms with van der Waals surface area (Å²) in [6.07, 6.45) is 5.18. The molecule has 1 saturated carbocycles. The number of imide groups is 1. The lowest BCUT2D eigenvalue weighted by Crippen LogP contribution is -2.55. The molecular weight excluding hydrogens is 368 g/mol. The summed E-state index contributed by atoms with van der Waals surface area (Å²) >= 11 is 0. The third kappa shape index (κ3) is 4.24. The third-order valence-corrected chi connectivity index (χ3v) is 6.14. The molecule has 3 aliphatic rings. The summed E-state index contributed by atoms with van der Waals surface area (Å²) in [5, 5.41) is 2.93. The summed E-state index contributed by atoms with van der Waals surface area (Å²) in [4.78, 5) is 41.3. The summed E-state index contributed by atoms with van der Waals surface area (Å²) in [7, 11) is 0. The van der Waals surface area contributed by atoms with Gasteiger partial charge < -0.3 is 16.0 Å². The number of hydrogen-bond acceptors (Lipinski definition) is 4. The van der Waals surface area contributed by atoms with E-state index in [1.165, 1.54) is 0 Å². The first-order valence-corrected chi connectivity index (χ1v) is 9.81. The summed E-state index contributed by atoms with van der Waals surface area (Å²) in [6.45, 7) is 7.28. The maximum atomic E-state index is 13.1. The molecule has 1 spiro atoms. The zero-order valence-corrected chi connectivity index (χ0v) is 17.4. The van der Waals surface area contributed by atoms with E-state index in [0.717, 1.165) is 30.6 Å². The number of hydrogen-bond donors (Lipinski definition) is 2. The van der Waals surface area contributed by atoms with Gasteiger partial charge in [0.05, 0.1) is 0 Å². The van der Waals surface area contributed by atoms with Gasteiger partial charge in [-0.3, -0.25) is 14.5 Å². The van der Waals surface area contributed by atoms with Gasteiger partial charge in [0, 0.05) is 19.1 Å². The predicted molar refractivity (Wildman–Crippen MR) is 105 cm³/mol. The van der Waals surface area contributed by atoms with Gasteiger partial charge in [-0.15, -0.1) is 12.4 Å². The number of piperidine rings is 1. The van der Waals surface area contributed by atoms with Crippen molar-refractivity contribution in [2.75, 3.05) is 19.6 Å². The van der Waals surface area contributed by atoms with Crippen LogP contribution < -0.4 is 11.1 Å². The van der Waals surface area contributed by atoms with Crippen LogP contribution >= 0.6 is 12.4 Å². The van der Waals surface area contributed by atoms with Gasteiger partial charge in [-0.1, -0.05) is 20.8 Å². The number of urea groups is 1. The molecule has 154 valence electrons. The van der Waals surface area contributed by atoms with Crippen molar-refractivity contribution < 1.29 is 14.4 Å². The number of rotatable bonds is 3. The highest BCUT2D eigenvalue weighted by atomic mass is 35.5. The molecule has 4 amide bonds. The highest BCUT2D eigenvalue weighted by Gasteiger charge is 2.56. The van der Waals surface area contributed by atoms with Gasteiger partial charge in [-0.25, -0.2) is 4.79 Å². The van der Waals surface area contributed by atoms with E-state index in [0.29, 0.717) is 31.8 Å². The van der Waals surface area contributed by atoms with Crippen LogP contribution in [0, 0.1) is 11.3 Å². The number of nitrogens with two attached hydrogens (primary N) is 1. The molecule has 7 nitrogen and oxygen atoms in total. The summed E-state index contributed by atoms with van der Waals surface area (Å²) < 4.78 is 0. The second kappa shape index (κ2) is 7.95. The van der Waals surface area contributed by atoms with Crippen molar-refractivity contribution >= 4 is 30.3 Å². The molecule has 3 unspecified atom stereocenters. The molecule has 0 radical (unpaired) electrons. The Morgan fingerprint density at radius 2 is 1.96 bits per heavy atom. The molecule has 1 aliphatic carbocycles. The van der Waals surface area contributed by atoms with E-state index in [1.807, 2.05) is 0 Å². The van der Waals surface area contributed by atoms with Gasteiger partial charge in [0.1, 0.15) is 12.1 Å². The van der Waals surface area contributed by atoms with Crippen LogP contribution in [-0.4, -0.2) is 58.9 Å². The molecule has 2 aliphatic heterocycles. The minimum atomic E-state index is -0.853. The largest absolute Gasteiger partial charge is 0.337 e. The molecule has 0 aromatic heterocycles. The van der Waals surface area contributed by atoms with E-state index in [4.69, 9.17) is 5.73 Å². The Balaban J connectivity index is 0.00000261. The highest BCUT2D eigenvalue weighted by Crippen LogP contribution is 2.46. The van der Waals surface area contributed by atoms with Crippen molar-refractivity contribution in [1.29, 1.82) is 0 Å². The first-order valence-electron chi connectivity index (χ1n) is 9.81. The molecule has 27 heavy (non-hydrogen) atoms. The van der Waals surface area contributed by atoms with E-state index in [-0.39, 0.29) is 42.2 Å². The lowest BCUT2D eigenvalue weighted by molar-refractivity contribution is -0.142. The molecule has 3 N–H and O–H groups in total. The Bertz CT molecular complexity index is 612. The number of carbonyl (C=O) groups excluding carboxylic acids is 3. The number of likely N-dealkylation sites (tertiary alicyclic amines) is 1. The molecule has 0 aromatic rings. The fourth-order valence-corrected chi connectivity index (χ4v) is 5.45. The van der Waals surface area contributed by atoms with Crippen molar-refractivity contribution in [3.63, 3.8) is 0 Å². The molecule has 8 heteroatoms. The maximum absolute atomic E-state index is 13.1. The summed E-state index contributed by atoms with van der Waals surface area (Å²) in [5.74, 6) is -0.0667. The number of halogens is 1. The van der Waals surface area contributed by atoms with Crippen LogP contribution in [0.3, 0.4) is 0 Å². The minimum Gasteiger partial charge on any atom is -0.337 e. The predicted octanol–water partition coefficient (Wildman–Crippen LogP) is 1.88. The number of nitrogens with one attached hydrogen (secondary N) is 1. The molecule has 3 fully saturated rings. The average molecular weight is 401 g/mol. The number of amides is 4. The summed E-state index contributed by atoms with van der Waals surface area (Å²) in [6, 6.07) is -0.422. The quantitative estimate of drug-likeness (QED) is 0.707. The standard InChI is InChI=1S/C19H32N4O3.ClH/c1-13-8-18(2,3)12-19(9-13)16(25)23(17(26)21-19)11-15(24)22-7-5-4-6-14(22)10-20;/h13-14H,4-12,20H2,1-3H3,(H,21,26);1H. The van der Waals surface area contributed by atoms with Gasteiger partial charge in [-0.2, -0.15) is 0 Å². The fraction of sp³-hybridized carbons (Fsp3) is 0.842. The van der Waals surface area contributed by atoms with Gasteiger partial charge in [0.25, 0.3) is 5.91 Å². The van der Waals surface area contributed by atoms with Crippen LogP contribution in [0.15, 0.2) is 0 Å². The Morgan fingerprint density at radius 3 is 2.59 bits per heavy atom. The number of carbonyl (C=O) groups is 3.